The van der Waals surface area contributed by atoms with Gasteiger partial charge in [0.2, 0.25) is 0 Å². The maximum absolute atomic E-state index is 12.1. The second kappa shape index (κ2) is 6.57. The number of fused-ring (bicyclic) bond motifs is 1. The Morgan fingerprint density at radius 2 is 2.10 bits per heavy atom. The van der Waals surface area contributed by atoms with E-state index in [4.69, 9.17) is 4.74 Å². The molecule has 0 unspecified atom stereocenters. The Labute approximate surface area is 125 Å². The fraction of sp³-hybridized carbons (Fsp3) is 0.412. The summed E-state index contributed by atoms with van der Waals surface area (Å²) < 4.78 is 5.12. The summed E-state index contributed by atoms with van der Waals surface area (Å²) in [6.07, 6.45) is 1.62. The molecule has 0 aliphatic rings. The molecule has 0 saturated carbocycles. The second-order valence-electron chi connectivity index (χ2n) is 5.20. The summed E-state index contributed by atoms with van der Waals surface area (Å²) in [7, 11) is 0. The van der Waals surface area contributed by atoms with Gasteiger partial charge in [-0.2, -0.15) is 0 Å². The van der Waals surface area contributed by atoms with E-state index in [1.54, 1.807) is 13.1 Å². The third-order valence-corrected chi connectivity index (χ3v) is 3.40. The maximum Gasteiger partial charge on any atom is 0.341 e. The summed E-state index contributed by atoms with van der Waals surface area (Å²) in [5.74, 6) is 0.0434. The van der Waals surface area contributed by atoms with Gasteiger partial charge >= 0.3 is 5.97 Å². The lowest BCUT2D eigenvalue weighted by molar-refractivity contribution is 0.0527. The molecule has 4 heteroatoms. The Kier molecular flexibility index (Phi) is 4.78. The lowest BCUT2D eigenvalue weighted by Crippen LogP contribution is -2.11. The predicted molar refractivity (Wildman–Crippen MR) is 86.0 cm³/mol. The van der Waals surface area contributed by atoms with E-state index in [2.05, 4.69) is 30.2 Å². The number of carbonyl (C=O) groups excluding carboxylic acids is 1. The first-order valence-electron chi connectivity index (χ1n) is 7.42. The molecule has 0 aliphatic carbocycles. The zero-order valence-electron chi connectivity index (χ0n) is 13.1. The van der Waals surface area contributed by atoms with Gasteiger partial charge in [0, 0.05) is 18.1 Å². The van der Waals surface area contributed by atoms with Gasteiger partial charge < -0.3 is 10.1 Å². The number of rotatable bonds is 5. The molecule has 2 rings (SSSR count). The summed E-state index contributed by atoms with van der Waals surface area (Å²) in [6.45, 7) is 9.18. The van der Waals surface area contributed by atoms with Crippen molar-refractivity contribution in [1.29, 1.82) is 0 Å². The fourth-order valence-electron chi connectivity index (χ4n) is 2.44. The van der Waals surface area contributed by atoms with Crippen LogP contribution in [0.2, 0.25) is 0 Å². The lowest BCUT2D eigenvalue weighted by Gasteiger charge is -2.15. The first-order valence-corrected chi connectivity index (χ1v) is 7.42. The topological polar surface area (TPSA) is 51.2 Å². The Bertz CT molecular complexity index is 651. The van der Waals surface area contributed by atoms with Crippen LogP contribution in [0.5, 0.6) is 0 Å². The molecule has 0 aliphatic heterocycles. The predicted octanol–water partition coefficient (Wildman–Crippen LogP) is 3.97. The summed E-state index contributed by atoms with van der Waals surface area (Å²) in [5, 5.41) is 4.25. The van der Waals surface area contributed by atoms with E-state index in [1.165, 1.54) is 5.56 Å². The minimum absolute atomic E-state index is 0.335. The fourth-order valence-corrected chi connectivity index (χ4v) is 2.44. The minimum atomic E-state index is -0.335. The highest BCUT2D eigenvalue weighted by Gasteiger charge is 2.18. The molecule has 1 heterocycles. The number of aromatic nitrogens is 1. The van der Waals surface area contributed by atoms with Crippen LogP contribution in [0.25, 0.3) is 10.9 Å². The van der Waals surface area contributed by atoms with Crippen molar-refractivity contribution in [3.05, 3.63) is 35.5 Å². The number of nitrogens with zero attached hydrogens (tertiary/aromatic N) is 1. The number of hydrogen-bond acceptors (Lipinski definition) is 4. The molecule has 0 amide bonds. The Balaban J connectivity index is 2.68. The second-order valence-corrected chi connectivity index (χ2v) is 5.20. The van der Waals surface area contributed by atoms with Crippen molar-refractivity contribution in [3.8, 4) is 0 Å². The van der Waals surface area contributed by atoms with Gasteiger partial charge in [0.1, 0.15) is 5.56 Å². The van der Waals surface area contributed by atoms with Gasteiger partial charge in [0.15, 0.2) is 0 Å². The van der Waals surface area contributed by atoms with Crippen molar-refractivity contribution in [2.75, 3.05) is 18.5 Å². The molecule has 0 fully saturated rings. The molecule has 4 nitrogen and oxygen atoms in total. The number of pyridine rings is 1. The molecular weight excluding hydrogens is 264 g/mol. The van der Waals surface area contributed by atoms with E-state index >= 15 is 0 Å². The normalized spacial score (nSPS) is 10.9. The molecule has 1 N–H and O–H groups in total. The largest absolute Gasteiger partial charge is 0.462 e. The lowest BCUT2D eigenvalue weighted by atomic mass is 9.98. The molecule has 1 aromatic heterocycles. The molecule has 2 aromatic rings. The highest BCUT2D eigenvalue weighted by molar-refractivity contribution is 6.05. The van der Waals surface area contributed by atoms with Crippen LogP contribution >= 0.6 is 0 Å². The number of anilines is 1. The molecule has 112 valence electrons. The minimum Gasteiger partial charge on any atom is -0.462 e. The van der Waals surface area contributed by atoms with E-state index in [-0.39, 0.29) is 5.97 Å². The van der Waals surface area contributed by atoms with E-state index in [0.29, 0.717) is 18.1 Å². The zero-order chi connectivity index (χ0) is 15.4. The summed E-state index contributed by atoms with van der Waals surface area (Å²) in [4.78, 5) is 16.6. The van der Waals surface area contributed by atoms with E-state index in [9.17, 15) is 4.79 Å². The van der Waals surface area contributed by atoms with Crippen LogP contribution in [0.1, 0.15) is 49.5 Å². The third kappa shape index (κ3) is 2.99. The molecule has 0 spiro atoms. The quantitative estimate of drug-likeness (QED) is 0.845. The highest BCUT2D eigenvalue weighted by atomic mass is 16.5. The number of esters is 1. The average Bonchev–Trinajstić information content (AvgIpc) is 2.47. The third-order valence-electron chi connectivity index (χ3n) is 3.40. The van der Waals surface area contributed by atoms with Crippen molar-refractivity contribution in [1.82, 2.24) is 4.98 Å². The number of ether oxygens (including phenoxy) is 1. The molecular formula is C17H22N2O2. The van der Waals surface area contributed by atoms with E-state index in [1.807, 2.05) is 19.1 Å². The number of para-hydroxylation sites is 1. The van der Waals surface area contributed by atoms with Gasteiger partial charge in [-0.15, -0.1) is 0 Å². The van der Waals surface area contributed by atoms with Crippen LogP contribution in [0.4, 0.5) is 5.69 Å². The van der Waals surface area contributed by atoms with Gasteiger partial charge in [-0.25, -0.2) is 4.79 Å². The highest BCUT2D eigenvalue weighted by Crippen LogP contribution is 2.31. The first kappa shape index (κ1) is 15.3. The van der Waals surface area contributed by atoms with E-state index < -0.39 is 0 Å². The molecule has 0 bridgehead atoms. The van der Waals surface area contributed by atoms with Gasteiger partial charge in [0.05, 0.1) is 17.8 Å². The Morgan fingerprint density at radius 1 is 1.33 bits per heavy atom. The van der Waals surface area contributed by atoms with Gasteiger partial charge in [0.25, 0.3) is 0 Å². The van der Waals surface area contributed by atoms with Crippen LogP contribution in [0, 0.1) is 0 Å². The molecule has 0 atom stereocenters. The standard InChI is InChI=1S/C17H22N2O2/c1-5-18-16-13-9-7-8-12(11(3)4)15(13)19-10-14(16)17(20)21-6-2/h7-11H,5-6H2,1-4H3,(H,18,19). The molecule has 1 aromatic carbocycles. The molecule has 0 saturated heterocycles. The van der Waals surface area contributed by atoms with Gasteiger partial charge in [-0.3, -0.25) is 4.98 Å². The van der Waals surface area contributed by atoms with E-state index in [0.717, 1.165) is 23.1 Å². The monoisotopic (exact) mass is 286 g/mol. The first-order chi connectivity index (χ1) is 10.1. The van der Waals surface area contributed by atoms with Crippen LogP contribution in [-0.2, 0) is 4.74 Å². The Hall–Kier alpha value is -2.10. The number of carbonyl (C=O) groups is 1. The zero-order valence-corrected chi connectivity index (χ0v) is 13.1. The van der Waals surface area contributed by atoms with Crippen molar-refractivity contribution in [2.24, 2.45) is 0 Å². The summed E-state index contributed by atoms with van der Waals surface area (Å²) in [6, 6.07) is 6.09. The van der Waals surface area contributed by atoms with Crippen molar-refractivity contribution >= 4 is 22.6 Å². The van der Waals surface area contributed by atoms with Crippen LogP contribution in [0.3, 0.4) is 0 Å². The van der Waals surface area contributed by atoms with Crippen LogP contribution < -0.4 is 5.32 Å². The van der Waals surface area contributed by atoms with Crippen molar-refractivity contribution in [3.63, 3.8) is 0 Å². The molecule has 21 heavy (non-hydrogen) atoms. The van der Waals surface area contributed by atoms with Crippen molar-refractivity contribution in [2.45, 2.75) is 33.6 Å². The summed E-state index contributed by atoms with van der Waals surface area (Å²) >= 11 is 0. The van der Waals surface area contributed by atoms with Crippen LogP contribution in [0.15, 0.2) is 24.4 Å². The number of benzene rings is 1. The SMILES string of the molecule is CCNc1c(C(=O)OCC)cnc2c(C(C)C)cccc12. The average molecular weight is 286 g/mol. The van der Waals surface area contributed by atoms with Crippen LogP contribution in [-0.4, -0.2) is 24.1 Å². The van der Waals surface area contributed by atoms with Gasteiger partial charge in [-0.05, 0) is 25.3 Å². The summed E-state index contributed by atoms with van der Waals surface area (Å²) in [5.41, 5.74) is 3.43. The van der Waals surface area contributed by atoms with Gasteiger partial charge in [-0.1, -0.05) is 32.0 Å². The number of nitrogens with one attached hydrogen (secondary N) is 1. The molecule has 0 radical (unpaired) electrons. The maximum atomic E-state index is 12.1. The smallest absolute Gasteiger partial charge is 0.341 e. The Morgan fingerprint density at radius 3 is 2.71 bits per heavy atom. The van der Waals surface area contributed by atoms with Crippen molar-refractivity contribution < 1.29 is 9.53 Å². The number of hydrogen-bond donors (Lipinski definition) is 1.